The molecule has 0 bridgehead atoms. The summed E-state index contributed by atoms with van der Waals surface area (Å²) in [5.41, 5.74) is 1.14. The molecule has 0 aromatic carbocycles. The Morgan fingerprint density at radius 1 is 1.18 bits per heavy atom. The third-order valence-corrected chi connectivity index (χ3v) is 7.82. The van der Waals surface area contributed by atoms with Crippen LogP contribution in [-0.2, 0) is 14.3 Å². The lowest BCUT2D eigenvalue weighted by Crippen LogP contribution is -2.61. The van der Waals surface area contributed by atoms with Gasteiger partial charge >= 0.3 is 0 Å². The molecule has 0 unspecified atom stereocenters. The van der Waals surface area contributed by atoms with E-state index in [2.05, 4.69) is 15.2 Å². The van der Waals surface area contributed by atoms with Crippen molar-refractivity contribution >= 4 is 18.3 Å². The first-order chi connectivity index (χ1) is 16.5. The summed E-state index contributed by atoms with van der Waals surface area (Å²) in [6.07, 6.45) is 9.39. The van der Waals surface area contributed by atoms with Gasteiger partial charge in [-0.05, 0) is 63.0 Å². The van der Waals surface area contributed by atoms with E-state index in [1.807, 2.05) is 17.9 Å². The zero-order valence-corrected chi connectivity index (χ0v) is 19.9. The molecule has 4 fully saturated rings. The van der Waals surface area contributed by atoms with Crippen LogP contribution in [0.5, 0.6) is 0 Å². The van der Waals surface area contributed by atoms with Crippen molar-refractivity contribution in [3.63, 3.8) is 0 Å². The van der Waals surface area contributed by atoms with Gasteiger partial charge in [-0.25, -0.2) is 0 Å². The van der Waals surface area contributed by atoms with E-state index in [9.17, 15) is 9.59 Å². The number of hydrogen-bond donors (Lipinski definition) is 2. The summed E-state index contributed by atoms with van der Waals surface area (Å²) in [7, 11) is 0. The highest BCUT2D eigenvalue weighted by Crippen LogP contribution is 2.48. The summed E-state index contributed by atoms with van der Waals surface area (Å²) >= 11 is 0. The third kappa shape index (κ3) is 5.41. The van der Waals surface area contributed by atoms with Gasteiger partial charge in [0.25, 0.3) is 12.4 Å². The summed E-state index contributed by atoms with van der Waals surface area (Å²) < 4.78 is 5.54. The number of morpholine rings is 1. The molecule has 2 saturated heterocycles. The van der Waals surface area contributed by atoms with Gasteiger partial charge in [-0.1, -0.05) is 0 Å². The number of ether oxygens (including phenoxy) is 1. The van der Waals surface area contributed by atoms with Crippen LogP contribution >= 0.6 is 0 Å². The number of carbonyl (C=O) groups is 3. The molecule has 34 heavy (non-hydrogen) atoms. The molecule has 4 aliphatic rings. The molecule has 1 aromatic rings. The number of pyridine rings is 1. The number of aryl methyl sites for hydroxylation is 1. The van der Waals surface area contributed by atoms with Crippen molar-refractivity contribution in [1.82, 2.24) is 20.1 Å². The predicted octanol–water partition coefficient (Wildman–Crippen LogP) is 1.70. The number of carbonyl (C=O) groups excluding carboxylic acids is 2. The average molecular weight is 473 g/mol. The van der Waals surface area contributed by atoms with Crippen LogP contribution in [0, 0.1) is 18.3 Å². The SMILES string of the molecule is Cc1cncc(C(=O)N2CC[C@@H]3C[C@H](N4CCOCC4)CC[C@@]3(C(=O)NC3CC3)C2)c1.O=CO. The quantitative estimate of drug-likeness (QED) is 0.642. The molecule has 2 aliphatic heterocycles. The number of amides is 2. The number of aromatic nitrogens is 1. The second-order valence-corrected chi connectivity index (χ2v) is 10.0. The Morgan fingerprint density at radius 3 is 2.59 bits per heavy atom. The van der Waals surface area contributed by atoms with Crippen LogP contribution in [0.2, 0.25) is 0 Å². The first kappa shape index (κ1) is 24.6. The molecule has 186 valence electrons. The predicted molar refractivity (Wildman–Crippen MR) is 125 cm³/mol. The van der Waals surface area contributed by atoms with E-state index < -0.39 is 5.41 Å². The highest BCUT2D eigenvalue weighted by molar-refractivity contribution is 5.95. The Labute approximate surface area is 200 Å². The Hall–Kier alpha value is -2.52. The van der Waals surface area contributed by atoms with E-state index in [0.29, 0.717) is 36.7 Å². The number of nitrogens with zero attached hydrogens (tertiary/aromatic N) is 3. The van der Waals surface area contributed by atoms with Gasteiger partial charge in [0.1, 0.15) is 0 Å². The molecule has 0 spiro atoms. The van der Waals surface area contributed by atoms with Crippen LogP contribution in [0.3, 0.4) is 0 Å². The molecule has 1 aromatic heterocycles. The number of nitrogens with one attached hydrogen (secondary N) is 1. The van der Waals surface area contributed by atoms with Gasteiger partial charge < -0.3 is 20.1 Å². The van der Waals surface area contributed by atoms with Crippen molar-refractivity contribution in [2.24, 2.45) is 11.3 Å². The minimum Gasteiger partial charge on any atom is -0.483 e. The largest absolute Gasteiger partial charge is 0.483 e. The number of hydrogen-bond acceptors (Lipinski definition) is 6. The van der Waals surface area contributed by atoms with Crippen LogP contribution in [-0.4, -0.2) is 89.7 Å². The molecule has 2 saturated carbocycles. The van der Waals surface area contributed by atoms with Crippen molar-refractivity contribution in [3.05, 3.63) is 29.6 Å². The number of carboxylic acid groups (broad SMARTS) is 1. The summed E-state index contributed by atoms with van der Waals surface area (Å²) in [5.74, 6) is 0.511. The minimum atomic E-state index is -0.462. The second-order valence-electron chi connectivity index (χ2n) is 10.0. The molecule has 9 nitrogen and oxygen atoms in total. The monoisotopic (exact) mass is 472 g/mol. The van der Waals surface area contributed by atoms with Gasteiger partial charge in [0.2, 0.25) is 5.91 Å². The smallest absolute Gasteiger partial charge is 0.290 e. The maximum atomic E-state index is 13.6. The molecule has 2 amide bonds. The Balaban J connectivity index is 0.000000868. The fraction of sp³-hybridized carbons (Fsp3) is 0.680. The summed E-state index contributed by atoms with van der Waals surface area (Å²) in [6, 6.07) is 2.76. The summed E-state index contributed by atoms with van der Waals surface area (Å²) in [6.45, 7) is 6.54. The normalized spacial score (nSPS) is 29.3. The number of likely N-dealkylation sites (tertiary alicyclic amines) is 1. The Bertz CT molecular complexity index is 886. The number of piperidine rings is 1. The average Bonchev–Trinajstić information content (AvgIpc) is 3.68. The first-order valence-electron chi connectivity index (χ1n) is 12.4. The highest BCUT2D eigenvalue weighted by Gasteiger charge is 2.54. The van der Waals surface area contributed by atoms with Crippen LogP contribution in [0.15, 0.2) is 18.5 Å². The van der Waals surface area contributed by atoms with Gasteiger partial charge in [0.15, 0.2) is 0 Å². The van der Waals surface area contributed by atoms with E-state index >= 15 is 0 Å². The van der Waals surface area contributed by atoms with E-state index in [-0.39, 0.29) is 18.3 Å². The molecule has 3 atom stereocenters. The Morgan fingerprint density at radius 2 is 1.91 bits per heavy atom. The van der Waals surface area contributed by atoms with Gasteiger partial charge in [-0.2, -0.15) is 0 Å². The molecule has 0 radical (unpaired) electrons. The minimum absolute atomic E-state index is 0.00329. The van der Waals surface area contributed by atoms with Gasteiger partial charge in [0, 0.05) is 50.7 Å². The molecular formula is C25H36N4O5. The Kier molecular flexibility index (Phi) is 7.83. The maximum absolute atomic E-state index is 13.6. The summed E-state index contributed by atoms with van der Waals surface area (Å²) in [5, 5.41) is 10.2. The van der Waals surface area contributed by atoms with E-state index in [1.54, 1.807) is 12.4 Å². The molecule has 2 N–H and O–H groups in total. The standard InChI is InChI=1S/C24H34N4O3.CH2O2/c1-17-12-18(15-25-14-17)22(29)28-7-5-19-13-21(27-8-10-31-11-9-27)4-6-24(19,16-28)23(30)26-20-2-3-20;2-1-3/h12,14-15,19-21H,2-11,13,16H2,1H3,(H,26,30);1H,(H,2,3)/t19-,21-,24-;/m1./s1. The molecule has 9 heteroatoms. The van der Waals surface area contributed by atoms with Gasteiger partial charge in [-0.3, -0.25) is 24.3 Å². The maximum Gasteiger partial charge on any atom is 0.290 e. The first-order valence-corrected chi connectivity index (χ1v) is 12.4. The van der Waals surface area contributed by atoms with Crippen LogP contribution in [0.1, 0.15) is 54.4 Å². The van der Waals surface area contributed by atoms with E-state index in [0.717, 1.165) is 70.4 Å². The van der Waals surface area contributed by atoms with Gasteiger partial charge in [-0.15, -0.1) is 0 Å². The fourth-order valence-corrected chi connectivity index (χ4v) is 5.86. The molecule has 5 rings (SSSR count). The fourth-order valence-electron chi connectivity index (χ4n) is 5.86. The lowest BCUT2D eigenvalue weighted by atomic mass is 9.60. The zero-order valence-electron chi connectivity index (χ0n) is 19.9. The van der Waals surface area contributed by atoms with Crippen molar-refractivity contribution in [2.45, 2.75) is 57.5 Å². The summed E-state index contributed by atoms with van der Waals surface area (Å²) in [4.78, 5) is 43.9. The third-order valence-electron chi connectivity index (χ3n) is 7.82. The van der Waals surface area contributed by atoms with Crippen molar-refractivity contribution in [2.75, 3.05) is 39.4 Å². The topological polar surface area (TPSA) is 112 Å². The van der Waals surface area contributed by atoms with Crippen LogP contribution in [0.4, 0.5) is 0 Å². The van der Waals surface area contributed by atoms with Crippen LogP contribution < -0.4 is 5.32 Å². The van der Waals surface area contributed by atoms with Crippen molar-refractivity contribution in [3.8, 4) is 0 Å². The van der Waals surface area contributed by atoms with Gasteiger partial charge in [0.05, 0.1) is 24.2 Å². The van der Waals surface area contributed by atoms with Crippen LogP contribution in [0.25, 0.3) is 0 Å². The molecule has 3 heterocycles. The lowest BCUT2D eigenvalue weighted by molar-refractivity contribution is -0.143. The van der Waals surface area contributed by atoms with E-state index in [1.165, 1.54) is 0 Å². The van der Waals surface area contributed by atoms with Crippen molar-refractivity contribution in [1.29, 1.82) is 0 Å². The number of rotatable bonds is 4. The zero-order chi connectivity index (χ0) is 24.1. The lowest BCUT2D eigenvalue weighted by Gasteiger charge is -2.53. The molecule has 2 aliphatic carbocycles. The number of fused-ring (bicyclic) bond motifs is 1. The second kappa shape index (κ2) is 10.8. The van der Waals surface area contributed by atoms with Crippen molar-refractivity contribution < 1.29 is 24.2 Å². The molecular weight excluding hydrogens is 436 g/mol. The highest BCUT2D eigenvalue weighted by atomic mass is 16.5. The van der Waals surface area contributed by atoms with E-state index in [4.69, 9.17) is 14.6 Å².